The van der Waals surface area contributed by atoms with Gasteiger partial charge in [-0.15, -0.1) is 0 Å². The monoisotopic (exact) mass is 574 g/mol. The quantitative estimate of drug-likeness (QED) is 0.198. The molecule has 0 fully saturated rings. The summed E-state index contributed by atoms with van der Waals surface area (Å²) < 4.78 is 4.78. The Hall–Kier alpha value is -5.86. The second-order valence-electron chi connectivity index (χ2n) is 11.9. The molecule has 0 atom stereocenters. The van der Waals surface area contributed by atoms with E-state index in [-0.39, 0.29) is 0 Å². The highest BCUT2D eigenvalue weighted by atomic mass is 15.0. The zero-order valence-electron chi connectivity index (χ0n) is 25.0. The molecule has 0 spiro atoms. The molecule has 2 aromatic heterocycles. The molecule has 0 aliphatic carbocycles. The summed E-state index contributed by atoms with van der Waals surface area (Å²) in [6, 6.07) is 59.7. The van der Waals surface area contributed by atoms with Crippen LogP contribution in [0.2, 0.25) is 0 Å². The van der Waals surface area contributed by atoms with Crippen molar-refractivity contribution in [2.45, 2.75) is 6.92 Å². The summed E-state index contributed by atoms with van der Waals surface area (Å²) in [5.74, 6) is 0. The number of hydrogen-bond acceptors (Lipinski definition) is 0. The molecule has 0 aliphatic rings. The minimum atomic E-state index is 1.17. The van der Waals surface area contributed by atoms with Gasteiger partial charge < -0.3 is 9.13 Å². The van der Waals surface area contributed by atoms with Gasteiger partial charge in [-0.2, -0.15) is 0 Å². The standard InChI is InChI=1S/C43H30N2/c1-29-18-20-30(21-19-29)31-10-9-13-35(26-31)45-41-17-8-6-15-37(41)39-28-33(23-25-43(39)45)32-22-24-42-38(27-32)36-14-5-7-16-40(36)44(42)34-11-3-2-4-12-34/h2-28H,1H3. The maximum Gasteiger partial charge on any atom is 0.0541 e. The predicted octanol–water partition coefficient (Wildman–Crippen LogP) is 11.5. The van der Waals surface area contributed by atoms with E-state index in [1.807, 2.05) is 0 Å². The Morgan fingerprint density at radius 3 is 1.40 bits per heavy atom. The molecule has 2 nitrogen and oxygen atoms in total. The molecule has 0 aliphatic heterocycles. The van der Waals surface area contributed by atoms with Crippen LogP contribution in [0.25, 0.3) is 77.2 Å². The van der Waals surface area contributed by atoms with Crippen molar-refractivity contribution in [3.63, 3.8) is 0 Å². The summed E-state index contributed by atoms with van der Waals surface area (Å²) >= 11 is 0. The van der Waals surface area contributed by atoms with Gasteiger partial charge in [0.25, 0.3) is 0 Å². The van der Waals surface area contributed by atoms with Crippen LogP contribution in [-0.4, -0.2) is 9.13 Å². The van der Waals surface area contributed by atoms with Crippen LogP contribution in [0, 0.1) is 6.92 Å². The maximum atomic E-state index is 2.41. The fraction of sp³-hybridized carbons (Fsp3) is 0.0233. The second kappa shape index (κ2) is 10.1. The molecular formula is C43H30N2. The van der Waals surface area contributed by atoms with Crippen LogP contribution < -0.4 is 0 Å². The summed E-state index contributed by atoms with van der Waals surface area (Å²) in [5.41, 5.74) is 13.4. The van der Waals surface area contributed by atoms with E-state index in [0.29, 0.717) is 0 Å². The molecule has 0 N–H and O–H groups in total. The van der Waals surface area contributed by atoms with Crippen LogP contribution in [0.4, 0.5) is 0 Å². The maximum absolute atomic E-state index is 2.41. The van der Waals surface area contributed by atoms with Crippen LogP contribution in [0.5, 0.6) is 0 Å². The van der Waals surface area contributed by atoms with Gasteiger partial charge in [-0.1, -0.05) is 109 Å². The van der Waals surface area contributed by atoms with Gasteiger partial charge in [0, 0.05) is 32.9 Å². The molecule has 45 heavy (non-hydrogen) atoms. The predicted molar refractivity (Wildman–Crippen MR) is 191 cm³/mol. The summed E-state index contributed by atoms with van der Waals surface area (Å²) in [5, 5.41) is 5.05. The highest BCUT2D eigenvalue weighted by Gasteiger charge is 2.16. The highest BCUT2D eigenvalue weighted by Crippen LogP contribution is 2.38. The molecule has 0 radical (unpaired) electrons. The fourth-order valence-electron chi connectivity index (χ4n) is 7.01. The molecule has 0 bridgehead atoms. The largest absolute Gasteiger partial charge is 0.309 e. The first-order valence-electron chi connectivity index (χ1n) is 15.5. The lowest BCUT2D eigenvalue weighted by Crippen LogP contribution is -1.94. The van der Waals surface area contributed by atoms with Crippen LogP contribution in [0.1, 0.15) is 5.56 Å². The van der Waals surface area contributed by atoms with E-state index in [9.17, 15) is 0 Å². The van der Waals surface area contributed by atoms with E-state index < -0.39 is 0 Å². The molecule has 0 saturated carbocycles. The number of aromatic nitrogens is 2. The summed E-state index contributed by atoms with van der Waals surface area (Å²) in [4.78, 5) is 0. The Morgan fingerprint density at radius 1 is 0.311 bits per heavy atom. The van der Waals surface area contributed by atoms with Crippen molar-refractivity contribution in [2.75, 3.05) is 0 Å². The first kappa shape index (κ1) is 25.6. The Bertz CT molecular complexity index is 2530. The zero-order chi connectivity index (χ0) is 29.9. The zero-order valence-corrected chi connectivity index (χ0v) is 25.0. The minimum absolute atomic E-state index is 1.17. The third kappa shape index (κ3) is 4.11. The molecule has 212 valence electrons. The molecule has 2 heterocycles. The second-order valence-corrected chi connectivity index (χ2v) is 11.9. The van der Waals surface area contributed by atoms with E-state index in [4.69, 9.17) is 0 Å². The van der Waals surface area contributed by atoms with Gasteiger partial charge in [0.15, 0.2) is 0 Å². The first-order chi connectivity index (χ1) is 22.2. The molecule has 2 heteroatoms. The van der Waals surface area contributed by atoms with Crippen molar-refractivity contribution >= 4 is 43.6 Å². The van der Waals surface area contributed by atoms with E-state index in [1.54, 1.807) is 0 Å². The third-order valence-electron chi connectivity index (χ3n) is 9.18. The van der Waals surface area contributed by atoms with Crippen molar-refractivity contribution in [2.24, 2.45) is 0 Å². The number of para-hydroxylation sites is 3. The Kier molecular flexibility index (Phi) is 5.76. The summed E-state index contributed by atoms with van der Waals surface area (Å²) in [7, 11) is 0. The van der Waals surface area contributed by atoms with E-state index >= 15 is 0 Å². The topological polar surface area (TPSA) is 9.86 Å². The number of nitrogens with zero attached hydrogens (tertiary/aromatic N) is 2. The van der Waals surface area contributed by atoms with Crippen molar-refractivity contribution < 1.29 is 0 Å². The Balaban J connectivity index is 1.22. The first-order valence-corrected chi connectivity index (χ1v) is 15.5. The van der Waals surface area contributed by atoms with Gasteiger partial charge in [0.2, 0.25) is 0 Å². The molecule has 0 saturated heterocycles. The SMILES string of the molecule is Cc1ccc(-c2cccc(-n3c4ccccc4c4cc(-c5ccc6c(c5)c5ccccc5n6-c5ccccc5)ccc43)c2)cc1. The lowest BCUT2D eigenvalue weighted by molar-refractivity contribution is 1.18. The number of rotatable bonds is 4. The van der Waals surface area contributed by atoms with Crippen LogP contribution in [-0.2, 0) is 0 Å². The van der Waals surface area contributed by atoms with Crippen LogP contribution in [0.15, 0.2) is 164 Å². The van der Waals surface area contributed by atoms with E-state index in [2.05, 4.69) is 180 Å². The molecule has 0 unspecified atom stereocenters. The number of aryl methyl sites for hydroxylation is 1. The average Bonchev–Trinajstić information content (AvgIpc) is 3.61. The highest BCUT2D eigenvalue weighted by molar-refractivity contribution is 6.12. The smallest absolute Gasteiger partial charge is 0.0541 e. The normalized spacial score (nSPS) is 11.7. The molecular weight excluding hydrogens is 544 g/mol. The molecule has 9 aromatic rings. The van der Waals surface area contributed by atoms with Gasteiger partial charge >= 0.3 is 0 Å². The van der Waals surface area contributed by atoms with Gasteiger partial charge in [-0.3, -0.25) is 0 Å². The average molecular weight is 575 g/mol. The van der Waals surface area contributed by atoms with E-state index in [0.717, 1.165) is 0 Å². The number of benzene rings is 7. The Labute approximate surface area is 262 Å². The van der Waals surface area contributed by atoms with E-state index in [1.165, 1.54) is 82.8 Å². The van der Waals surface area contributed by atoms with Gasteiger partial charge in [0.1, 0.15) is 0 Å². The molecule has 7 aromatic carbocycles. The van der Waals surface area contributed by atoms with Crippen LogP contribution >= 0.6 is 0 Å². The fourth-order valence-corrected chi connectivity index (χ4v) is 7.01. The molecule has 0 amide bonds. The Morgan fingerprint density at radius 2 is 0.778 bits per heavy atom. The number of fused-ring (bicyclic) bond motifs is 6. The van der Waals surface area contributed by atoms with Crippen molar-refractivity contribution in [1.82, 2.24) is 9.13 Å². The number of hydrogen-bond donors (Lipinski definition) is 0. The molecule has 9 rings (SSSR count). The summed E-state index contributed by atoms with van der Waals surface area (Å²) in [6.45, 7) is 2.13. The van der Waals surface area contributed by atoms with Crippen molar-refractivity contribution in [3.05, 3.63) is 169 Å². The van der Waals surface area contributed by atoms with Crippen molar-refractivity contribution in [3.8, 4) is 33.6 Å². The van der Waals surface area contributed by atoms with Gasteiger partial charge in [-0.05, 0) is 89.8 Å². The van der Waals surface area contributed by atoms with Gasteiger partial charge in [-0.25, -0.2) is 0 Å². The van der Waals surface area contributed by atoms with Crippen molar-refractivity contribution in [1.29, 1.82) is 0 Å². The third-order valence-corrected chi connectivity index (χ3v) is 9.18. The minimum Gasteiger partial charge on any atom is -0.309 e. The van der Waals surface area contributed by atoms with Gasteiger partial charge in [0.05, 0.1) is 22.1 Å². The lowest BCUT2D eigenvalue weighted by Gasteiger charge is -2.11. The van der Waals surface area contributed by atoms with Crippen LogP contribution in [0.3, 0.4) is 0 Å². The summed E-state index contributed by atoms with van der Waals surface area (Å²) in [6.07, 6.45) is 0. The lowest BCUT2D eigenvalue weighted by atomic mass is 10.0.